The van der Waals surface area contributed by atoms with Crippen molar-refractivity contribution < 1.29 is 14.1 Å². The van der Waals surface area contributed by atoms with Gasteiger partial charge in [0.1, 0.15) is 5.75 Å². The maximum Gasteiger partial charge on any atom is 0.237 e. The molecular formula is C14H20N2O3S. The van der Waals surface area contributed by atoms with E-state index in [0.717, 1.165) is 18.4 Å². The molecule has 1 aromatic carbocycles. The zero-order valence-electron chi connectivity index (χ0n) is 11.2. The average Bonchev–Trinajstić information content (AvgIpc) is 2.44. The molecule has 0 saturated carbocycles. The van der Waals surface area contributed by atoms with Gasteiger partial charge in [0.15, 0.2) is 0 Å². The molecule has 1 heterocycles. The number of carbonyl (C=O) groups is 1. The lowest BCUT2D eigenvalue weighted by Crippen LogP contribution is -2.48. The Balaban J connectivity index is 1.82. The first kappa shape index (κ1) is 15.0. The van der Waals surface area contributed by atoms with E-state index in [4.69, 9.17) is 5.73 Å². The molecule has 1 atom stereocenters. The lowest BCUT2D eigenvalue weighted by atomic mass is 10.0. The maximum atomic E-state index is 12.0. The van der Waals surface area contributed by atoms with Crippen LogP contribution in [0.1, 0.15) is 18.4 Å². The van der Waals surface area contributed by atoms with E-state index in [0.29, 0.717) is 17.9 Å². The minimum absolute atomic E-state index is 0.0890. The standard InChI is InChI=1S/C14H20N2O3S/c15-13(9-10-1-3-12(17)4-2-10)14(18)16-11-5-7-20(19)8-6-11/h1-4,11,13,17H,5-9,15H2,(H,16,18)/t11?,13-,20?/m1/s1. The average molecular weight is 296 g/mol. The van der Waals surface area contributed by atoms with Gasteiger partial charge in [0, 0.05) is 28.3 Å². The molecule has 20 heavy (non-hydrogen) atoms. The number of nitrogens with two attached hydrogens (primary N) is 1. The molecule has 0 aliphatic carbocycles. The monoisotopic (exact) mass is 296 g/mol. The van der Waals surface area contributed by atoms with E-state index in [1.54, 1.807) is 24.3 Å². The number of benzene rings is 1. The van der Waals surface area contributed by atoms with Crippen molar-refractivity contribution in [1.82, 2.24) is 5.32 Å². The normalized spacial score (nSPS) is 24.1. The van der Waals surface area contributed by atoms with Gasteiger partial charge in [-0.15, -0.1) is 0 Å². The maximum absolute atomic E-state index is 12.0. The van der Waals surface area contributed by atoms with Crippen molar-refractivity contribution in [2.24, 2.45) is 5.73 Å². The highest BCUT2D eigenvalue weighted by Gasteiger charge is 2.22. The summed E-state index contributed by atoms with van der Waals surface area (Å²) in [6.45, 7) is 0. The van der Waals surface area contributed by atoms with Crippen LogP contribution in [0.3, 0.4) is 0 Å². The summed E-state index contributed by atoms with van der Waals surface area (Å²) in [4.78, 5) is 12.0. The van der Waals surface area contributed by atoms with Crippen molar-refractivity contribution in [3.8, 4) is 5.75 Å². The summed E-state index contributed by atoms with van der Waals surface area (Å²) >= 11 is 0. The fourth-order valence-corrected chi connectivity index (χ4v) is 3.52. The van der Waals surface area contributed by atoms with Gasteiger partial charge in [0.2, 0.25) is 5.91 Å². The largest absolute Gasteiger partial charge is 0.508 e. The topological polar surface area (TPSA) is 92.4 Å². The van der Waals surface area contributed by atoms with Crippen molar-refractivity contribution in [3.05, 3.63) is 29.8 Å². The summed E-state index contributed by atoms with van der Waals surface area (Å²) < 4.78 is 11.3. The minimum Gasteiger partial charge on any atom is -0.508 e. The molecule has 1 aliphatic heterocycles. The molecule has 110 valence electrons. The van der Waals surface area contributed by atoms with Gasteiger partial charge < -0.3 is 16.2 Å². The third-order valence-electron chi connectivity index (χ3n) is 3.46. The second-order valence-electron chi connectivity index (χ2n) is 5.11. The van der Waals surface area contributed by atoms with Crippen LogP contribution in [0.4, 0.5) is 0 Å². The molecule has 5 nitrogen and oxygen atoms in total. The molecule has 1 aliphatic rings. The van der Waals surface area contributed by atoms with E-state index in [2.05, 4.69) is 5.32 Å². The molecule has 1 fully saturated rings. The first-order valence-electron chi connectivity index (χ1n) is 6.73. The number of nitrogens with one attached hydrogen (secondary N) is 1. The third-order valence-corrected chi connectivity index (χ3v) is 4.85. The van der Waals surface area contributed by atoms with Gasteiger partial charge in [-0.2, -0.15) is 0 Å². The predicted molar refractivity (Wildman–Crippen MR) is 78.8 cm³/mol. The van der Waals surface area contributed by atoms with Crippen LogP contribution in [0.15, 0.2) is 24.3 Å². The van der Waals surface area contributed by atoms with Crippen LogP contribution in [-0.2, 0) is 22.0 Å². The first-order chi connectivity index (χ1) is 9.54. The highest BCUT2D eigenvalue weighted by Crippen LogP contribution is 2.12. The van der Waals surface area contributed by atoms with Gasteiger partial charge in [0.25, 0.3) is 0 Å². The van der Waals surface area contributed by atoms with Crippen molar-refractivity contribution in [1.29, 1.82) is 0 Å². The molecular weight excluding hydrogens is 276 g/mol. The van der Waals surface area contributed by atoms with Gasteiger partial charge in [-0.05, 0) is 37.0 Å². The number of amides is 1. The zero-order valence-corrected chi connectivity index (χ0v) is 12.1. The smallest absolute Gasteiger partial charge is 0.237 e. The highest BCUT2D eigenvalue weighted by molar-refractivity contribution is 7.85. The molecule has 1 aromatic rings. The van der Waals surface area contributed by atoms with Crippen molar-refractivity contribution in [2.75, 3.05) is 11.5 Å². The van der Waals surface area contributed by atoms with E-state index in [-0.39, 0.29) is 17.7 Å². The molecule has 0 aromatic heterocycles. The Morgan fingerprint density at radius 1 is 1.35 bits per heavy atom. The number of carbonyl (C=O) groups excluding carboxylic acids is 1. The van der Waals surface area contributed by atoms with E-state index in [1.165, 1.54) is 0 Å². The van der Waals surface area contributed by atoms with Gasteiger partial charge in [-0.3, -0.25) is 9.00 Å². The molecule has 0 bridgehead atoms. The molecule has 0 unspecified atom stereocenters. The van der Waals surface area contributed by atoms with Crippen LogP contribution >= 0.6 is 0 Å². The lowest BCUT2D eigenvalue weighted by Gasteiger charge is -2.24. The molecule has 0 spiro atoms. The Labute approximate surface area is 121 Å². The van der Waals surface area contributed by atoms with Crippen LogP contribution in [0.2, 0.25) is 0 Å². The van der Waals surface area contributed by atoms with Gasteiger partial charge in [-0.1, -0.05) is 12.1 Å². The molecule has 4 N–H and O–H groups in total. The predicted octanol–water partition coefficient (Wildman–Crippen LogP) is 0.289. The fourth-order valence-electron chi connectivity index (χ4n) is 2.23. The molecule has 2 rings (SSSR count). The Hall–Kier alpha value is -1.40. The SMILES string of the molecule is N[C@H](Cc1ccc(O)cc1)C(=O)NC1CCS(=O)CC1. The van der Waals surface area contributed by atoms with Crippen molar-refractivity contribution in [2.45, 2.75) is 31.3 Å². The van der Waals surface area contributed by atoms with Crippen molar-refractivity contribution >= 4 is 16.7 Å². The summed E-state index contributed by atoms with van der Waals surface area (Å²) in [5.74, 6) is 1.33. The number of hydrogen-bond donors (Lipinski definition) is 3. The van der Waals surface area contributed by atoms with E-state index >= 15 is 0 Å². The van der Waals surface area contributed by atoms with Gasteiger partial charge in [0.05, 0.1) is 6.04 Å². The van der Waals surface area contributed by atoms with E-state index in [9.17, 15) is 14.1 Å². The van der Waals surface area contributed by atoms with Crippen molar-refractivity contribution in [3.63, 3.8) is 0 Å². The summed E-state index contributed by atoms with van der Waals surface area (Å²) in [5.41, 5.74) is 6.81. The molecule has 0 radical (unpaired) electrons. The quantitative estimate of drug-likeness (QED) is 0.744. The van der Waals surface area contributed by atoms with Gasteiger partial charge >= 0.3 is 0 Å². The fraction of sp³-hybridized carbons (Fsp3) is 0.500. The third kappa shape index (κ3) is 4.31. The Kier molecular flexibility index (Phi) is 5.14. The molecule has 6 heteroatoms. The highest BCUT2D eigenvalue weighted by atomic mass is 32.2. The second kappa shape index (κ2) is 6.85. The number of hydrogen-bond acceptors (Lipinski definition) is 4. The van der Waals surface area contributed by atoms with Crippen LogP contribution in [0.25, 0.3) is 0 Å². The van der Waals surface area contributed by atoms with Crippen LogP contribution < -0.4 is 11.1 Å². The molecule has 1 amide bonds. The number of phenolic OH excluding ortho intramolecular Hbond substituents is 1. The zero-order chi connectivity index (χ0) is 14.5. The summed E-state index contributed by atoms with van der Waals surface area (Å²) in [5, 5.41) is 12.1. The second-order valence-corrected chi connectivity index (χ2v) is 6.80. The van der Waals surface area contributed by atoms with Gasteiger partial charge in [-0.25, -0.2) is 0 Å². The number of phenols is 1. The Morgan fingerprint density at radius 2 is 1.95 bits per heavy atom. The Bertz CT molecular complexity index is 480. The number of rotatable bonds is 4. The van der Waals surface area contributed by atoms with Crippen LogP contribution in [0, 0.1) is 0 Å². The first-order valence-corrected chi connectivity index (χ1v) is 8.22. The van der Waals surface area contributed by atoms with E-state index in [1.807, 2.05) is 0 Å². The summed E-state index contributed by atoms with van der Waals surface area (Å²) in [7, 11) is -0.726. The minimum atomic E-state index is -0.726. The van der Waals surface area contributed by atoms with E-state index < -0.39 is 16.8 Å². The molecule has 1 saturated heterocycles. The lowest BCUT2D eigenvalue weighted by molar-refractivity contribution is -0.123. The van der Waals surface area contributed by atoms with Crippen LogP contribution in [-0.4, -0.2) is 38.8 Å². The van der Waals surface area contributed by atoms with Crippen LogP contribution in [0.5, 0.6) is 5.75 Å². The summed E-state index contributed by atoms with van der Waals surface area (Å²) in [6, 6.07) is 6.16. The number of aromatic hydroxyl groups is 1. The Morgan fingerprint density at radius 3 is 2.55 bits per heavy atom. The summed E-state index contributed by atoms with van der Waals surface area (Å²) in [6.07, 6.45) is 1.94.